The molecule has 0 fully saturated rings. The summed E-state index contributed by atoms with van der Waals surface area (Å²) in [5.41, 5.74) is 2.37. The van der Waals surface area contributed by atoms with Gasteiger partial charge in [0.05, 0.1) is 11.3 Å². The molecule has 3 aromatic carbocycles. The summed E-state index contributed by atoms with van der Waals surface area (Å²) < 4.78 is 12.7. The molecule has 0 atom stereocenters. The van der Waals surface area contributed by atoms with Crippen LogP contribution in [-0.4, -0.2) is 28.7 Å². The van der Waals surface area contributed by atoms with Gasteiger partial charge in [-0.1, -0.05) is 36.4 Å². The summed E-state index contributed by atoms with van der Waals surface area (Å²) in [7, 11) is 0. The van der Waals surface area contributed by atoms with Crippen molar-refractivity contribution in [2.45, 2.75) is 13.8 Å². The Hall–Kier alpha value is -5.50. The molecule has 0 aliphatic carbocycles. The van der Waals surface area contributed by atoms with Crippen molar-refractivity contribution < 1.29 is 13.6 Å². The van der Waals surface area contributed by atoms with Gasteiger partial charge in [0.15, 0.2) is 5.78 Å². The number of anilines is 1. The molecule has 0 amide bonds. The summed E-state index contributed by atoms with van der Waals surface area (Å²) in [6.45, 7) is 5.80. The van der Waals surface area contributed by atoms with Crippen molar-refractivity contribution in [2.24, 2.45) is 0 Å². The smallest absolute Gasteiger partial charge is 0.347 e. The van der Waals surface area contributed by atoms with Gasteiger partial charge in [0.2, 0.25) is 0 Å². The van der Waals surface area contributed by atoms with Crippen LogP contribution in [0.3, 0.4) is 0 Å². The fraction of sp³-hybridized carbons (Fsp3) is 0.118. The van der Waals surface area contributed by atoms with E-state index >= 15 is 0 Å². The van der Waals surface area contributed by atoms with Crippen LogP contribution in [0.5, 0.6) is 0 Å². The third-order valence-corrected chi connectivity index (χ3v) is 7.19. The second-order valence-electron chi connectivity index (χ2n) is 9.74. The molecule has 0 saturated carbocycles. The molecule has 0 bridgehead atoms. The monoisotopic (exact) mass is 557 g/mol. The SMILES string of the molecule is CCN(CC)c1ccc2cc(-c3nn(-c4ccccc4)cc3/C=C/C(=O)c3cc4ccccc4oc3=O)c(=O)oc2c1. The van der Waals surface area contributed by atoms with Crippen LogP contribution in [0.2, 0.25) is 0 Å². The van der Waals surface area contributed by atoms with Crippen LogP contribution in [-0.2, 0) is 0 Å². The van der Waals surface area contributed by atoms with Gasteiger partial charge in [0.25, 0.3) is 0 Å². The first kappa shape index (κ1) is 26.7. The first-order valence-electron chi connectivity index (χ1n) is 13.7. The minimum atomic E-state index is -0.720. The number of nitrogens with zero attached hydrogens (tertiary/aromatic N) is 3. The average molecular weight is 558 g/mol. The Kier molecular flexibility index (Phi) is 7.10. The van der Waals surface area contributed by atoms with Crippen molar-refractivity contribution >= 4 is 39.5 Å². The minimum Gasteiger partial charge on any atom is -0.422 e. The summed E-state index contributed by atoms with van der Waals surface area (Å²) in [4.78, 5) is 41.1. The van der Waals surface area contributed by atoms with Gasteiger partial charge in [-0.05, 0) is 68.5 Å². The Balaban J connectivity index is 1.44. The van der Waals surface area contributed by atoms with Crippen LogP contribution in [0.4, 0.5) is 5.69 Å². The summed E-state index contributed by atoms with van der Waals surface area (Å²) in [6, 6.07) is 25.5. The van der Waals surface area contributed by atoms with Crippen molar-refractivity contribution in [3.05, 3.63) is 129 Å². The standard InChI is InChI=1S/C34H27N3O5/c1-3-36(4-2)26-16-14-23-19-28(34(40)42-31(23)20-26)32-24(21-37(35-32)25-11-6-5-7-12-25)15-17-29(38)27-18-22-10-8-9-13-30(22)41-33(27)39/h5-21H,3-4H2,1-2H3/b17-15+. The zero-order valence-corrected chi connectivity index (χ0v) is 23.1. The number of fused-ring (bicyclic) bond motifs is 2. The van der Waals surface area contributed by atoms with Gasteiger partial charge in [-0.3, -0.25) is 4.79 Å². The maximum atomic E-state index is 13.3. The van der Waals surface area contributed by atoms with Gasteiger partial charge in [0, 0.05) is 47.4 Å². The minimum absolute atomic E-state index is 0.0869. The number of carbonyl (C=O) groups excluding carboxylic acids is 1. The normalized spacial score (nSPS) is 11.5. The van der Waals surface area contributed by atoms with E-state index in [1.807, 2.05) is 48.5 Å². The van der Waals surface area contributed by atoms with Crippen molar-refractivity contribution in [1.29, 1.82) is 0 Å². The summed E-state index contributed by atoms with van der Waals surface area (Å²) in [5, 5.41) is 6.09. The van der Waals surface area contributed by atoms with Gasteiger partial charge in [-0.2, -0.15) is 5.10 Å². The molecule has 0 unspecified atom stereocenters. The highest BCUT2D eigenvalue weighted by atomic mass is 16.4. The lowest BCUT2D eigenvalue weighted by Gasteiger charge is -2.21. The zero-order chi connectivity index (χ0) is 29.2. The molecule has 3 heterocycles. The van der Waals surface area contributed by atoms with Crippen molar-refractivity contribution in [1.82, 2.24) is 9.78 Å². The number of benzene rings is 3. The van der Waals surface area contributed by atoms with Crippen LogP contribution in [0, 0.1) is 0 Å². The van der Waals surface area contributed by atoms with Crippen LogP contribution < -0.4 is 16.2 Å². The Morgan fingerprint density at radius 1 is 0.833 bits per heavy atom. The lowest BCUT2D eigenvalue weighted by Crippen LogP contribution is -2.21. The fourth-order valence-electron chi connectivity index (χ4n) is 4.97. The number of para-hydroxylation sites is 2. The number of hydrogen-bond donors (Lipinski definition) is 0. The highest BCUT2D eigenvalue weighted by Crippen LogP contribution is 2.28. The first-order chi connectivity index (χ1) is 20.4. The maximum Gasteiger partial charge on any atom is 0.347 e. The van der Waals surface area contributed by atoms with E-state index in [0.29, 0.717) is 27.8 Å². The Labute approximate surface area is 240 Å². The second kappa shape index (κ2) is 11.2. The number of hydrogen-bond acceptors (Lipinski definition) is 7. The van der Waals surface area contributed by atoms with Gasteiger partial charge in [0.1, 0.15) is 22.4 Å². The fourth-order valence-corrected chi connectivity index (χ4v) is 4.97. The van der Waals surface area contributed by atoms with E-state index in [1.54, 1.807) is 47.3 Å². The molecular weight excluding hydrogens is 530 g/mol. The zero-order valence-electron chi connectivity index (χ0n) is 23.1. The molecule has 3 aromatic heterocycles. The maximum absolute atomic E-state index is 13.3. The predicted molar refractivity (Wildman–Crippen MR) is 164 cm³/mol. The molecular formula is C34H27N3O5. The van der Waals surface area contributed by atoms with Crippen LogP contribution in [0.25, 0.3) is 45.0 Å². The molecule has 6 rings (SSSR count). The van der Waals surface area contributed by atoms with Gasteiger partial charge >= 0.3 is 11.3 Å². The molecule has 208 valence electrons. The second-order valence-corrected chi connectivity index (χ2v) is 9.74. The Morgan fingerprint density at radius 3 is 2.33 bits per heavy atom. The number of ketones is 1. The molecule has 0 aliphatic rings. The van der Waals surface area contributed by atoms with Gasteiger partial charge in [-0.25, -0.2) is 14.3 Å². The van der Waals surface area contributed by atoms with E-state index in [2.05, 4.69) is 18.7 Å². The third-order valence-electron chi connectivity index (χ3n) is 7.19. The molecule has 0 radical (unpaired) electrons. The van der Waals surface area contributed by atoms with Crippen molar-refractivity contribution in [3.63, 3.8) is 0 Å². The number of allylic oxidation sites excluding steroid dienone is 1. The lowest BCUT2D eigenvalue weighted by molar-refractivity contribution is 0.104. The predicted octanol–water partition coefficient (Wildman–Crippen LogP) is 6.49. The molecule has 8 heteroatoms. The van der Waals surface area contributed by atoms with Gasteiger partial charge in [-0.15, -0.1) is 0 Å². The largest absolute Gasteiger partial charge is 0.422 e. The molecule has 0 aliphatic heterocycles. The highest BCUT2D eigenvalue weighted by Gasteiger charge is 2.18. The molecule has 8 nitrogen and oxygen atoms in total. The highest BCUT2D eigenvalue weighted by molar-refractivity contribution is 6.08. The molecule has 0 spiro atoms. The third kappa shape index (κ3) is 5.06. The van der Waals surface area contributed by atoms with Crippen molar-refractivity contribution in [2.75, 3.05) is 18.0 Å². The molecule has 0 saturated heterocycles. The summed E-state index contributed by atoms with van der Waals surface area (Å²) in [6.07, 6.45) is 4.56. The van der Waals surface area contributed by atoms with E-state index in [9.17, 15) is 14.4 Å². The van der Waals surface area contributed by atoms with E-state index in [4.69, 9.17) is 13.9 Å². The molecule has 42 heavy (non-hydrogen) atoms. The number of aromatic nitrogens is 2. The van der Waals surface area contributed by atoms with E-state index in [0.717, 1.165) is 29.9 Å². The van der Waals surface area contributed by atoms with Crippen LogP contribution >= 0.6 is 0 Å². The summed E-state index contributed by atoms with van der Waals surface area (Å²) in [5.74, 6) is -0.526. The van der Waals surface area contributed by atoms with E-state index < -0.39 is 17.0 Å². The molecule has 6 aromatic rings. The Bertz CT molecular complexity index is 2080. The topological polar surface area (TPSA) is 98.5 Å². The quantitative estimate of drug-likeness (QED) is 0.120. The average Bonchev–Trinajstić information content (AvgIpc) is 3.44. The van der Waals surface area contributed by atoms with E-state index in [1.165, 1.54) is 12.1 Å². The number of rotatable bonds is 8. The first-order valence-corrected chi connectivity index (χ1v) is 13.7. The number of carbonyl (C=O) groups is 1. The molecule has 0 N–H and O–H groups in total. The summed E-state index contributed by atoms with van der Waals surface area (Å²) >= 11 is 0. The lowest BCUT2D eigenvalue weighted by atomic mass is 10.1. The van der Waals surface area contributed by atoms with Crippen LogP contribution in [0.15, 0.2) is 116 Å². The van der Waals surface area contributed by atoms with Crippen LogP contribution in [0.1, 0.15) is 29.8 Å². The van der Waals surface area contributed by atoms with E-state index in [-0.39, 0.29) is 11.1 Å². The Morgan fingerprint density at radius 2 is 1.55 bits per heavy atom. The van der Waals surface area contributed by atoms with Crippen molar-refractivity contribution in [3.8, 4) is 16.9 Å². The van der Waals surface area contributed by atoms with Gasteiger partial charge < -0.3 is 13.7 Å².